The molecule has 4 fully saturated rings. The largest absolute Gasteiger partial charge is 0.480 e. The number of carboxylic acid groups (broad SMARTS) is 1. The maximum atomic E-state index is 11.8. The van der Waals surface area contributed by atoms with Crippen LogP contribution in [0.1, 0.15) is 108 Å². The maximum Gasteiger partial charge on any atom is 0.321 e. The number of esters is 1. The second kappa shape index (κ2) is 21.2. The number of carbonyl (C=O) groups is 2. The van der Waals surface area contributed by atoms with Crippen molar-refractivity contribution >= 4 is 11.9 Å². The molecule has 2 saturated carbocycles. The maximum absolute atomic E-state index is 11.8. The molecule has 46 heavy (non-hydrogen) atoms. The molecule has 1 N–H and O–H groups in total. The van der Waals surface area contributed by atoms with E-state index in [1.165, 1.54) is 82.5 Å². The van der Waals surface area contributed by atoms with E-state index in [1.807, 2.05) is 36.4 Å². The summed E-state index contributed by atoms with van der Waals surface area (Å²) in [6, 6.07) is 20.2. The number of piperidine rings is 1. The van der Waals surface area contributed by atoms with Crippen LogP contribution < -0.4 is 0 Å². The van der Waals surface area contributed by atoms with Crippen molar-refractivity contribution in [1.82, 2.24) is 9.80 Å². The normalized spacial score (nSPS) is 21.3. The molecule has 0 radical (unpaired) electrons. The average Bonchev–Trinajstić information content (AvgIpc) is 3.80. The van der Waals surface area contributed by atoms with Gasteiger partial charge in [0.15, 0.2) is 0 Å². The SMILES string of the molecule is CC(=O)OCCc1ccccc1.CC1CCN(C)CC1.CCC1CC1.O=C(O)[C@@H](C1CCCCC1)N1CCC(c2ccccc2)C1. The second-order valence-electron chi connectivity index (χ2n) is 14.0. The van der Waals surface area contributed by atoms with E-state index in [4.69, 9.17) is 4.74 Å². The molecule has 2 heterocycles. The van der Waals surface area contributed by atoms with Crippen LogP contribution >= 0.6 is 0 Å². The number of nitrogens with zero attached hydrogens (tertiary/aromatic N) is 2. The lowest BCUT2D eigenvalue weighted by Crippen LogP contribution is -2.45. The molecule has 6 nitrogen and oxygen atoms in total. The number of aliphatic carboxylic acids is 1. The van der Waals surface area contributed by atoms with Gasteiger partial charge < -0.3 is 14.7 Å². The minimum absolute atomic E-state index is 0.217. The van der Waals surface area contributed by atoms with Gasteiger partial charge in [0.1, 0.15) is 6.04 Å². The van der Waals surface area contributed by atoms with Crippen LogP contribution in [0.15, 0.2) is 60.7 Å². The number of ether oxygens (including phenoxy) is 1. The van der Waals surface area contributed by atoms with Crippen molar-refractivity contribution in [2.24, 2.45) is 17.8 Å². The van der Waals surface area contributed by atoms with Crippen LogP contribution in [0.25, 0.3) is 0 Å². The zero-order valence-corrected chi connectivity index (χ0v) is 29.2. The van der Waals surface area contributed by atoms with E-state index >= 15 is 0 Å². The van der Waals surface area contributed by atoms with E-state index in [2.05, 4.69) is 55.0 Å². The van der Waals surface area contributed by atoms with E-state index in [0.717, 1.165) is 50.6 Å². The molecule has 1 unspecified atom stereocenters. The predicted molar refractivity (Wildman–Crippen MR) is 189 cm³/mol. The summed E-state index contributed by atoms with van der Waals surface area (Å²) in [5.41, 5.74) is 2.55. The molecule has 4 aliphatic rings. The summed E-state index contributed by atoms with van der Waals surface area (Å²) < 4.78 is 4.81. The molecule has 2 aliphatic carbocycles. The fourth-order valence-corrected chi connectivity index (χ4v) is 6.76. The van der Waals surface area contributed by atoms with Gasteiger partial charge in [0, 0.05) is 19.9 Å². The Bertz CT molecular complexity index is 1080. The highest BCUT2D eigenvalue weighted by atomic mass is 16.5. The molecular weight excluding hydrogens is 572 g/mol. The third-order valence-corrected chi connectivity index (χ3v) is 10.1. The van der Waals surface area contributed by atoms with Crippen LogP contribution in [0.3, 0.4) is 0 Å². The number of hydrogen-bond donors (Lipinski definition) is 1. The summed E-state index contributed by atoms with van der Waals surface area (Å²) in [5.74, 6) is 2.13. The van der Waals surface area contributed by atoms with Crippen molar-refractivity contribution in [1.29, 1.82) is 0 Å². The van der Waals surface area contributed by atoms with E-state index in [1.54, 1.807) is 0 Å². The molecule has 256 valence electrons. The molecular formula is C40H62N2O4. The Hall–Kier alpha value is -2.70. The van der Waals surface area contributed by atoms with Gasteiger partial charge in [-0.15, -0.1) is 0 Å². The lowest BCUT2D eigenvalue weighted by Gasteiger charge is -2.33. The molecule has 2 aromatic carbocycles. The topological polar surface area (TPSA) is 70.1 Å². The van der Waals surface area contributed by atoms with Gasteiger partial charge in [-0.1, -0.05) is 113 Å². The zero-order chi connectivity index (χ0) is 33.1. The molecule has 6 rings (SSSR count). The summed E-state index contributed by atoms with van der Waals surface area (Å²) in [7, 11) is 2.20. The van der Waals surface area contributed by atoms with Crippen LogP contribution in [0.2, 0.25) is 0 Å². The molecule has 2 aromatic rings. The van der Waals surface area contributed by atoms with Crippen molar-refractivity contribution in [3.8, 4) is 0 Å². The molecule has 2 saturated heterocycles. The standard InChI is InChI=1S/C18H25NO2.C10H12O2.C7H15N.C5H10/c20-18(21)17(15-9-5-2-6-10-15)19-12-11-16(13-19)14-7-3-1-4-8-14;1-9(11)12-8-7-10-5-3-2-4-6-10;1-7-3-5-8(2)6-4-7;1-2-5-3-4-5/h1,3-4,7-8,15-17H,2,5-6,9-13H2,(H,20,21);2-6H,7-8H2,1H3;7H,3-6H2,1-2H3;5H,2-4H2,1H3/t16?,17-;;;/m1.../s1. The Balaban J connectivity index is 0.000000193. The van der Waals surface area contributed by atoms with Gasteiger partial charge >= 0.3 is 11.9 Å². The monoisotopic (exact) mass is 634 g/mol. The van der Waals surface area contributed by atoms with Crippen LogP contribution in [-0.4, -0.2) is 72.7 Å². The van der Waals surface area contributed by atoms with Gasteiger partial charge in [-0.05, 0) is 93.6 Å². The van der Waals surface area contributed by atoms with E-state index in [9.17, 15) is 14.7 Å². The number of likely N-dealkylation sites (tertiary alicyclic amines) is 2. The molecule has 2 atom stereocenters. The van der Waals surface area contributed by atoms with Crippen molar-refractivity contribution < 1.29 is 19.4 Å². The van der Waals surface area contributed by atoms with Crippen LogP contribution in [-0.2, 0) is 20.7 Å². The van der Waals surface area contributed by atoms with Crippen molar-refractivity contribution in [2.45, 2.75) is 110 Å². The summed E-state index contributed by atoms with van der Waals surface area (Å²) in [6.07, 6.45) is 15.0. The minimum Gasteiger partial charge on any atom is -0.480 e. The first kappa shape index (κ1) is 37.8. The Labute approximate surface area is 279 Å². The first-order valence-corrected chi connectivity index (χ1v) is 18.1. The fraction of sp³-hybridized carbons (Fsp3) is 0.650. The Morgan fingerprint density at radius 3 is 1.96 bits per heavy atom. The van der Waals surface area contributed by atoms with E-state index in [-0.39, 0.29) is 12.0 Å². The Morgan fingerprint density at radius 1 is 0.848 bits per heavy atom. The predicted octanol–water partition coefficient (Wildman–Crippen LogP) is 8.46. The Morgan fingerprint density at radius 2 is 1.46 bits per heavy atom. The number of hydrogen-bond acceptors (Lipinski definition) is 5. The van der Waals surface area contributed by atoms with Crippen molar-refractivity contribution in [3.63, 3.8) is 0 Å². The first-order valence-electron chi connectivity index (χ1n) is 18.1. The number of rotatable bonds is 8. The highest BCUT2D eigenvalue weighted by Crippen LogP contribution is 2.34. The molecule has 6 heteroatoms. The van der Waals surface area contributed by atoms with E-state index < -0.39 is 5.97 Å². The average molecular weight is 635 g/mol. The quantitative estimate of drug-likeness (QED) is 0.294. The van der Waals surface area contributed by atoms with Gasteiger partial charge in [-0.2, -0.15) is 0 Å². The third-order valence-electron chi connectivity index (χ3n) is 10.1. The number of carbonyl (C=O) groups excluding carboxylic acids is 1. The van der Waals surface area contributed by atoms with Gasteiger partial charge in [0.25, 0.3) is 0 Å². The fourth-order valence-electron chi connectivity index (χ4n) is 6.76. The number of carboxylic acids is 1. The van der Waals surface area contributed by atoms with Crippen LogP contribution in [0.5, 0.6) is 0 Å². The highest BCUT2D eigenvalue weighted by Gasteiger charge is 2.38. The minimum atomic E-state index is -0.615. The summed E-state index contributed by atoms with van der Waals surface area (Å²) in [4.78, 5) is 26.8. The first-order chi connectivity index (χ1) is 22.3. The van der Waals surface area contributed by atoms with Gasteiger partial charge in [-0.25, -0.2) is 0 Å². The van der Waals surface area contributed by atoms with Crippen molar-refractivity contribution in [3.05, 3.63) is 71.8 Å². The smallest absolute Gasteiger partial charge is 0.321 e. The lowest BCUT2D eigenvalue weighted by atomic mass is 9.83. The molecule has 0 bridgehead atoms. The molecule has 0 amide bonds. The van der Waals surface area contributed by atoms with Gasteiger partial charge in [-0.3, -0.25) is 14.5 Å². The summed E-state index contributed by atoms with van der Waals surface area (Å²) in [6.45, 7) is 10.9. The van der Waals surface area contributed by atoms with Crippen molar-refractivity contribution in [2.75, 3.05) is 39.8 Å². The zero-order valence-electron chi connectivity index (χ0n) is 29.2. The molecule has 2 aliphatic heterocycles. The van der Waals surface area contributed by atoms with Crippen LogP contribution in [0.4, 0.5) is 0 Å². The van der Waals surface area contributed by atoms with Gasteiger partial charge in [0.05, 0.1) is 6.61 Å². The third kappa shape index (κ3) is 14.8. The lowest BCUT2D eigenvalue weighted by molar-refractivity contribution is -0.145. The Kier molecular flexibility index (Phi) is 17.4. The highest BCUT2D eigenvalue weighted by molar-refractivity contribution is 5.74. The number of benzene rings is 2. The van der Waals surface area contributed by atoms with Crippen LogP contribution in [0, 0.1) is 17.8 Å². The van der Waals surface area contributed by atoms with E-state index in [0.29, 0.717) is 18.4 Å². The molecule has 0 aromatic heterocycles. The summed E-state index contributed by atoms with van der Waals surface area (Å²) in [5, 5.41) is 9.70. The summed E-state index contributed by atoms with van der Waals surface area (Å²) >= 11 is 0. The van der Waals surface area contributed by atoms with Gasteiger partial charge in [0.2, 0.25) is 0 Å². The molecule has 0 spiro atoms. The second-order valence-corrected chi connectivity index (χ2v) is 14.0.